The van der Waals surface area contributed by atoms with Crippen molar-refractivity contribution < 1.29 is 19.1 Å². The van der Waals surface area contributed by atoms with Crippen LogP contribution in [-0.4, -0.2) is 24.5 Å². The predicted octanol–water partition coefficient (Wildman–Crippen LogP) is 2.88. The van der Waals surface area contributed by atoms with Crippen molar-refractivity contribution in [3.05, 3.63) is 84.4 Å². The fourth-order valence-electron chi connectivity index (χ4n) is 3.04. The van der Waals surface area contributed by atoms with Crippen LogP contribution in [-0.2, 0) is 16.0 Å². The van der Waals surface area contributed by atoms with E-state index in [4.69, 9.17) is 9.47 Å². The molecule has 1 unspecified atom stereocenters. The maximum absolute atomic E-state index is 12.2. The average molecular weight is 388 g/mol. The zero-order chi connectivity index (χ0) is 20.1. The van der Waals surface area contributed by atoms with Gasteiger partial charge in [-0.25, -0.2) is 0 Å². The normalized spacial score (nSPS) is 14.7. The minimum absolute atomic E-state index is 0.0830. The van der Waals surface area contributed by atoms with Gasteiger partial charge < -0.3 is 9.47 Å². The molecule has 29 heavy (non-hydrogen) atoms. The van der Waals surface area contributed by atoms with E-state index in [1.165, 1.54) is 0 Å². The Hall–Kier alpha value is -3.80. The first-order valence-corrected chi connectivity index (χ1v) is 9.30. The second kappa shape index (κ2) is 8.48. The molecule has 0 spiro atoms. The van der Waals surface area contributed by atoms with E-state index in [0.717, 1.165) is 16.7 Å². The van der Waals surface area contributed by atoms with E-state index >= 15 is 0 Å². The Balaban J connectivity index is 1.27. The van der Waals surface area contributed by atoms with E-state index in [2.05, 4.69) is 10.9 Å². The molecule has 2 N–H and O–H groups in total. The number of hydrogen-bond donors (Lipinski definition) is 2. The topological polar surface area (TPSA) is 76.7 Å². The smallest absolute Gasteiger partial charge is 0.283 e. The third-order valence-electron chi connectivity index (χ3n) is 4.55. The molecule has 6 nitrogen and oxygen atoms in total. The third-order valence-corrected chi connectivity index (χ3v) is 4.55. The second-order valence-corrected chi connectivity index (χ2v) is 6.64. The van der Waals surface area contributed by atoms with Crippen molar-refractivity contribution in [3.63, 3.8) is 0 Å². The lowest BCUT2D eigenvalue weighted by Crippen LogP contribution is -2.51. The Morgan fingerprint density at radius 1 is 0.793 bits per heavy atom. The van der Waals surface area contributed by atoms with Crippen LogP contribution in [0.25, 0.3) is 11.1 Å². The van der Waals surface area contributed by atoms with Crippen LogP contribution >= 0.6 is 0 Å². The van der Waals surface area contributed by atoms with Gasteiger partial charge in [-0.1, -0.05) is 66.7 Å². The number of carbonyl (C=O) groups excluding carboxylic acids is 2. The lowest BCUT2D eigenvalue weighted by atomic mass is 10.0. The van der Waals surface area contributed by atoms with Gasteiger partial charge in [0.05, 0.1) is 6.42 Å². The van der Waals surface area contributed by atoms with E-state index in [1.54, 1.807) is 18.2 Å². The highest BCUT2D eigenvalue weighted by molar-refractivity contribution is 5.86. The zero-order valence-corrected chi connectivity index (χ0v) is 15.6. The maximum Gasteiger partial charge on any atom is 0.283 e. The van der Waals surface area contributed by atoms with Crippen molar-refractivity contribution in [3.8, 4) is 22.6 Å². The van der Waals surface area contributed by atoms with E-state index in [1.807, 2.05) is 60.7 Å². The summed E-state index contributed by atoms with van der Waals surface area (Å²) in [5, 5.41) is 0. The van der Waals surface area contributed by atoms with Crippen LogP contribution in [0.1, 0.15) is 5.56 Å². The molecule has 0 saturated carbocycles. The highest BCUT2D eigenvalue weighted by Crippen LogP contribution is 2.30. The molecular formula is C23H20N2O4. The highest BCUT2D eigenvalue weighted by atomic mass is 16.6. The summed E-state index contributed by atoms with van der Waals surface area (Å²) in [6.07, 6.45) is -0.671. The number of fused-ring (bicyclic) bond motifs is 1. The van der Waals surface area contributed by atoms with Gasteiger partial charge in [-0.3, -0.25) is 20.4 Å². The summed E-state index contributed by atoms with van der Waals surface area (Å²) in [5.41, 5.74) is 7.87. The fourth-order valence-corrected chi connectivity index (χ4v) is 3.04. The lowest BCUT2D eigenvalue weighted by Gasteiger charge is -2.25. The van der Waals surface area contributed by atoms with Gasteiger partial charge in [-0.15, -0.1) is 0 Å². The minimum Gasteiger partial charge on any atom is -0.485 e. The number of hydrogen-bond acceptors (Lipinski definition) is 4. The molecule has 0 fully saturated rings. The van der Waals surface area contributed by atoms with E-state index < -0.39 is 12.0 Å². The fraction of sp³-hybridized carbons (Fsp3) is 0.130. The second-order valence-electron chi connectivity index (χ2n) is 6.64. The van der Waals surface area contributed by atoms with Crippen molar-refractivity contribution in [2.24, 2.45) is 0 Å². The van der Waals surface area contributed by atoms with Crippen molar-refractivity contribution in [1.82, 2.24) is 10.9 Å². The van der Waals surface area contributed by atoms with Crippen LogP contribution in [0.4, 0.5) is 0 Å². The Morgan fingerprint density at radius 3 is 2.21 bits per heavy atom. The molecule has 1 aliphatic heterocycles. The molecule has 1 atom stereocenters. The van der Waals surface area contributed by atoms with E-state index in [0.29, 0.717) is 11.5 Å². The molecule has 1 heterocycles. The molecule has 0 bridgehead atoms. The van der Waals surface area contributed by atoms with E-state index in [9.17, 15) is 9.59 Å². The summed E-state index contributed by atoms with van der Waals surface area (Å²) in [5.74, 6) is 0.318. The molecular weight excluding hydrogens is 368 g/mol. The summed E-state index contributed by atoms with van der Waals surface area (Å²) in [6.45, 7) is 0.0830. The third kappa shape index (κ3) is 4.55. The Morgan fingerprint density at radius 2 is 1.45 bits per heavy atom. The van der Waals surface area contributed by atoms with Gasteiger partial charge in [-0.05, 0) is 28.8 Å². The first-order chi connectivity index (χ1) is 14.2. The van der Waals surface area contributed by atoms with Crippen LogP contribution in [0, 0.1) is 0 Å². The standard InChI is InChI=1S/C23H20N2O4/c26-22(14-16-10-12-18(13-11-16)17-6-2-1-3-7-17)24-25-23(27)21-15-28-19-8-4-5-9-20(19)29-21/h1-13,21H,14-15H2,(H,24,26)(H,25,27). The molecule has 3 aromatic rings. The number of hydrazine groups is 1. The Kier molecular flexibility index (Phi) is 5.42. The predicted molar refractivity (Wildman–Crippen MR) is 108 cm³/mol. The van der Waals surface area contributed by atoms with Crippen molar-refractivity contribution in [2.75, 3.05) is 6.61 Å². The maximum atomic E-state index is 12.2. The summed E-state index contributed by atoms with van der Waals surface area (Å²) in [6, 6.07) is 24.9. The molecule has 0 radical (unpaired) electrons. The van der Waals surface area contributed by atoms with Gasteiger partial charge in [0.1, 0.15) is 6.61 Å². The summed E-state index contributed by atoms with van der Waals surface area (Å²) >= 11 is 0. The first-order valence-electron chi connectivity index (χ1n) is 9.30. The van der Waals surface area contributed by atoms with Gasteiger partial charge in [-0.2, -0.15) is 0 Å². The number of nitrogens with one attached hydrogen (secondary N) is 2. The molecule has 3 aromatic carbocycles. The minimum atomic E-state index is -0.824. The van der Waals surface area contributed by atoms with Gasteiger partial charge >= 0.3 is 0 Å². The number of benzene rings is 3. The van der Waals surface area contributed by atoms with Crippen LogP contribution in [0.3, 0.4) is 0 Å². The number of para-hydroxylation sites is 2. The molecule has 0 aliphatic carbocycles. The quantitative estimate of drug-likeness (QED) is 0.674. The molecule has 1 aliphatic rings. The van der Waals surface area contributed by atoms with Crippen molar-refractivity contribution >= 4 is 11.8 Å². The summed E-state index contributed by atoms with van der Waals surface area (Å²) < 4.78 is 11.1. The van der Waals surface area contributed by atoms with Crippen molar-refractivity contribution in [1.29, 1.82) is 0 Å². The molecule has 4 rings (SSSR count). The van der Waals surface area contributed by atoms with Gasteiger partial charge in [0, 0.05) is 0 Å². The highest BCUT2D eigenvalue weighted by Gasteiger charge is 2.27. The Labute approximate surface area is 168 Å². The van der Waals surface area contributed by atoms with Gasteiger partial charge in [0.25, 0.3) is 5.91 Å². The van der Waals surface area contributed by atoms with Crippen LogP contribution < -0.4 is 20.3 Å². The molecule has 6 heteroatoms. The average Bonchev–Trinajstić information content (AvgIpc) is 2.78. The molecule has 0 saturated heterocycles. The van der Waals surface area contributed by atoms with Gasteiger partial charge in [0.15, 0.2) is 11.5 Å². The van der Waals surface area contributed by atoms with Crippen LogP contribution in [0.15, 0.2) is 78.9 Å². The zero-order valence-electron chi connectivity index (χ0n) is 15.6. The lowest BCUT2D eigenvalue weighted by molar-refractivity contribution is -0.134. The number of carbonyl (C=O) groups is 2. The van der Waals surface area contributed by atoms with Crippen LogP contribution in [0.2, 0.25) is 0 Å². The van der Waals surface area contributed by atoms with Crippen LogP contribution in [0.5, 0.6) is 11.5 Å². The largest absolute Gasteiger partial charge is 0.485 e. The van der Waals surface area contributed by atoms with Gasteiger partial charge in [0.2, 0.25) is 12.0 Å². The summed E-state index contributed by atoms with van der Waals surface area (Å²) in [7, 11) is 0. The number of amides is 2. The SMILES string of the molecule is O=C(Cc1ccc(-c2ccccc2)cc1)NNC(=O)C1COc2ccccc2O1. The molecule has 2 amide bonds. The number of ether oxygens (including phenoxy) is 2. The summed E-state index contributed by atoms with van der Waals surface area (Å²) in [4.78, 5) is 24.4. The number of rotatable bonds is 4. The van der Waals surface area contributed by atoms with Crippen molar-refractivity contribution in [2.45, 2.75) is 12.5 Å². The molecule has 146 valence electrons. The monoisotopic (exact) mass is 388 g/mol. The Bertz CT molecular complexity index is 1000. The first kappa shape index (κ1) is 18.6. The van der Waals surface area contributed by atoms with E-state index in [-0.39, 0.29) is 18.9 Å². The molecule has 0 aromatic heterocycles.